The Morgan fingerprint density at radius 3 is 2.76 bits per heavy atom. The van der Waals surface area contributed by atoms with Crippen LogP contribution in [0.4, 0.5) is 0 Å². The van der Waals surface area contributed by atoms with Crippen LogP contribution in [0.3, 0.4) is 0 Å². The Labute approximate surface area is 102 Å². The van der Waals surface area contributed by atoms with E-state index in [9.17, 15) is 0 Å². The fourth-order valence-electron chi connectivity index (χ4n) is 1.93. The van der Waals surface area contributed by atoms with E-state index in [2.05, 4.69) is 24.1 Å². The number of rotatable bonds is 5. The maximum atomic E-state index is 5.34. The second kappa shape index (κ2) is 5.64. The summed E-state index contributed by atoms with van der Waals surface area (Å²) < 4.78 is 5.34. The first-order valence-corrected chi connectivity index (χ1v) is 5.95. The second-order valence-corrected chi connectivity index (χ2v) is 4.33. The van der Waals surface area contributed by atoms with E-state index in [-0.39, 0.29) is 6.04 Å². The van der Waals surface area contributed by atoms with Crippen LogP contribution < -0.4 is 5.32 Å². The standard InChI is InChI=1S/C14H18N2O/c1-11(10-13-6-5-9-17-13)16-12(2)14-7-3-4-8-15-14/h3-9,11-12,16H,10H2,1-2H3/t11?,12-/m0/s1. The maximum Gasteiger partial charge on any atom is 0.105 e. The molecule has 1 N–H and O–H groups in total. The van der Waals surface area contributed by atoms with E-state index in [4.69, 9.17) is 4.42 Å². The first kappa shape index (κ1) is 11.9. The highest BCUT2D eigenvalue weighted by Crippen LogP contribution is 2.11. The van der Waals surface area contributed by atoms with Crippen molar-refractivity contribution in [1.29, 1.82) is 0 Å². The summed E-state index contributed by atoms with van der Waals surface area (Å²) >= 11 is 0. The third kappa shape index (κ3) is 3.43. The molecule has 3 nitrogen and oxygen atoms in total. The monoisotopic (exact) mass is 230 g/mol. The molecule has 2 rings (SSSR count). The second-order valence-electron chi connectivity index (χ2n) is 4.33. The van der Waals surface area contributed by atoms with Crippen LogP contribution in [-0.4, -0.2) is 11.0 Å². The molecular weight excluding hydrogens is 212 g/mol. The predicted molar refractivity (Wildman–Crippen MR) is 67.7 cm³/mol. The molecule has 0 bridgehead atoms. The first-order valence-electron chi connectivity index (χ1n) is 5.95. The van der Waals surface area contributed by atoms with Gasteiger partial charge in [-0.05, 0) is 38.1 Å². The Hall–Kier alpha value is -1.61. The summed E-state index contributed by atoms with van der Waals surface area (Å²) in [6, 6.07) is 10.5. The van der Waals surface area contributed by atoms with E-state index < -0.39 is 0 Å². The number of nitrogens with one attached hydrogen (secondary N) is 1. The van der Waals surface area contributed by atoms with Crippen LogP contribution in [0.5, 0.6) is 0 Å². The number of nitrogens with zero attached hydrogens (tertiary/aromatic N) is 1. The molecule has 0 spiro atoms. The summed E-state index contributed by atoms with van der Waals surface area (Å²) in [5, 5.41) is 3.51. The third-order valence-electron chi connectivity index (χ3n) is 2.75. The lowest BCUT2D eigenvalue weighted by molar-refractivity contribution is 0.425. The molecule has 0 fully saturated rings. The molecule has 0 radical (unpaired) electrons. The first-order chi connectivity index (χ1) is 8.25. The van der Waals surface area contributed by atoms with E-state index in [0.29, 0.717) is 6.04 Å². The fourth-order valence-corrected chi connectivity index (χ4v) is 1.93. The van der Waals surface area contributed by atoms with Crippen molar-refractivity contribution in [3.8, 4) is 0 Å². The van der Waals surface area contributed by atoms with Gasteiger partial charge >= 0.3 is 0 Å². The highest BCUT2D eigenvalue weighted by atomic mass is 16.3. The summed E-state index contributed by atoms with van der Waals surface area (Å²) in [5.74, 6) is 1.01. The number of hydrogen-bond acceptors (Lipinski definition) is 3. The molecule has 2 heterocycles. The van der Waals surface area contributed by atoms with Gasteiger partial charge in [-0.25, -0.2) is 0 Å². The van der Waals surface area contributed by atoms with Crippen LogP contribution in [0, 0.1) is 0 Å². The maximum absolute atomic E-state index is 5.34. The third-order valence-corrected chi connectivity index (χ3v) is 2.75. The molecule has 2 atom stereocenters. The molecule has 90 valence electrons. The summed E-state index contributed by atoms with van der Waals surface area (Å²) in [6.45, 7) is 4.28. The Morgan fingerprint density at radius 1 is 1.24 bits per heavy atom. The summed E-state index contributed by atoms with van der Waals surface area (Å²) in [7, 11) is 0. The van der Waals surface area contributed by atoms with Gasteiger partial charge in [0.05, 0.1) is 12.0 Å². The van der Waals surface area contributed by atoms with Crippen LogP contribution >= 0.6 is 0 Å². The van der Waals surface area contributed by atoms with E-state index in [1.807, 2.05) is 36.5 Å². The number of aromatic nitrogens is 1. The van der Waals surface area contributed by atoms with E-state index in [0.717, 1.165) is 17.9 Å². The molecule has 0 saturated carbocycles. The fraction of sp³-hybridized carbons (Fsp3) is 0.357. The number of hydrogen-bond donors (Lipinski definition) is 1. The van der Waals surface area contributed by atoms with Gasteiger partial charge in [-0.15, -0.1) is 0 Å². The normalized spacial score (nSPS) is 14.5. The minimum Gasteiger partial charge on any atom is -0.469 e. The molecule has 0 aromatic carbocycles. The molecule has 0 aliphatic carbocycles. The zero-order chi connectivity index (χ0) is 12.1. The number of furan rings is 1. The zero-order valence-electron chi connectivity index (χ0n) is 10.3. The average Bonchev–Trinajstić information content (AvgIpc) is 2.82. The van der Waals surface area contributed by atoms with Crippen molar-refractivity contribution in [3.05, 3.63) is 54.2 Å². The van der Waals surface area contributed by atoms with Gasteiger partial charge in [-0.2, -0.15) is 0 Å². The number of pyridine rings is 1. The quantitative estimate of drug-likeness (QED) is 0.858. The minimum atomic E-state index is 0.251. The lowest BCUT2D eigenvalue weighted by Crippen LogP contribution is -2.31. The largest absolute Gasteiger partial charge is 0.469 e. The van der Waals surface area contributed by atoms with Gasteiger partial charge < -0.3 is 9.73 Å². The zero-order valence-corrected chi connectivity index (χ0v) is 10.3. The van der Waals surface area contributed by atoms with Gasteiger partial charge in [-0.3, -0.25) is 4.98 Å². The molecule has 0 aliphatic heterocycles. The lowest BCUT2D eigenvalue weighted by Gasteiger charge is -2.18. The van der Waals surface area contributed by atoms with Crippen LogP contribution in [0.25, 0.3) is 0 Å². The van der Waals surface area contributed by atoms with E-state index >= 15 is 0 Å². The molecule has 1 unspecified atom stereocenters. The van der Waals surface area contributed by atoms with E-state index in [1.54, 1.807) is 6.26 Å². The molecule has 0 saturated heterocycles. The van der Waals surface area contributed by atoms with Crippen molar-refractivity contribution < 1.29 is 4.42 Å². The molecule has 2 aromatic rings. The summed E-state index contributed by atoms with van der Waals surface area (Å²) in [5.41, 5.74) is 1.07. The Kier molecular flexibility index (Phi) is 3.94. The van der Waals surface area contributed by atoms with Crippen molar-refractivity contribution in [2.45, 2.75) is 32.4 Å². The van der Waals surface area contributed by atoms with Crippen LogP contribution in [0.1, 0.15) is 31.3 Å². The van der Waals surface area contributed by atoms with E-state index in [1.165, 1.54) is 0 Å². The summed E-state index contributed by atoms with van der Waals surface area (Å²) in [6.07, 6.45) is 4.43. The summed E-state index contributed by atoms with van der Waals surface area (Å²) in [4.78, 5) is 4.34. The van der Waals surface area contributed by atoms with Crippen molar-refractivity contribution >= 4 is 0 Å². The average molecular weight is 230 g/mol. The molecule has 2 aromatic heterocycles. The van der Waals surface area contributed by atoms with Crippen molar-refractivity contribution in [1.82, 2.24) is 10.3 Å². The van der Waals surface area contributed by atoms with Crippen LogP contribution in [-0.2, 0) is 6.42 Å². The van der Waals surface area contributed by atoms with Gasteiger partial charge in [0.1, 0.15) is 5.76 Å². The van der Waals surface area contributed by atoms with Crippen molar-refractivity contribution in [2.75, 3.05) is 0 Å². The van der Waals surface area contributed by atoms with Gasteiger partial charge in [0.15, 0.2) is 0 Å². The lowest BCUT2D eigenvalue weighted by atomic mass is 10.1. The smallest absolute Gasteiger partial charge is 0.105 e. The van der Waals surface area contributed by atoms with Crippen molar-refractivity contribution in [3.63, 3.8) is 0 Å². The van der Waals surface area contributed by atoms with Gasteiger partial charge in [0.25, 0.3) is 0 Å². The minimum absolute atomic E-state index is 0.251. The highest BCUT2D eigenvalue weighted by Gasteiger charge is 2.11. The van der Waals surface area contributed by atoms with Crippen LogP contribution in [0.2, 0.25) is 0 Å². The molecule has 0 aliphatic rings. The SMILES string of the molecule is CC(Cc1ccco1)N[C@@H](C)c1ccccn1. The predicted octanol–water partition coefficient (Wildman–Crippen LogP) is 2.96. The molecule has 0 amide bonds. The van der Waals surface area contributed by atoms with Gasteiger partial charge in [0, 0.05) is 24.7 Å². The van der Waals surface area contributed by atoms with Crippen LogP contribution in [0.15, 0.2) is 47.2 Å². The topological polar surface area (TPSA) is 38.1 Å². The van der Waals surface area contributed by atoms with Gasteiger partial charge in [0.2, 0.25) is 0 Å². The molecule has 3 heteroatoms. The Morgan fingerprint density at radius 2 is 2.12 bits per heavy atom. The highest BCUT2D eigenvalue weighted by molar-refractivity contribution is 5.08. The van der Waals surface area contributed by atoms with Crippen molar-refractivity contribution in [2.24, 2.45) is 0 Å². The Bertz CT molecular complexity index is 425. The Balaban J connectivity index is 1.88. The molecule has 17 heavy (non-hydrogen) atoms. The molecular formula is C14H18N2O. The van der Waals surface area contributed by atoms with Gasteiger partial charge in [-0.1, -0.05) is 6.07 Å².